The molecule has 2 aliphatic rings. The number of ether oxygens (including phenoxy) is 1. The van der Waals surface area contributed by atoms with Crippen LogP contribution in [-0.4, -0.2) is 59.6 Å². The molecule has 1 fully saturated rings. The Morgan fingerprint density at radius 2 is 1.94 bits per heavy atom. The summed E-state index contributed by atoms with van der Waals surface area (Å²) in [6, 6.07) is 6.33. The molecule has 4 rings (SSSR count). The molecule has 9 heteroatoms. The Morgan fingerprint density at radius 3 is 2.71 bits per heavy atom. The van der Waals surface area contributed by atoms with E-state index in [0.717, 1.165) is 5.56 Å². The van der Waals surface area contributed by atoms with Gasteiger partial charge in [0, 0.05) is 36.7 Å². The fourth-order valence-electron chi connectivity index (χ4n) is 4.13. The maximum Gasteiger partial charge on any atom is 0.293 e. The van der Waals surface area contributed by atoms with E-state index in [9.17, 15) is 14.4 Å². The van der Waals surface area contributed by atoms with Crippen LogP contribution in [0.4, 0.5) is 0 Å². The fourth-order valence-corrected chi connectivity index (χ4v) is 4.13. The summed E-state index contributed by atoms with van der Waals surface area (Å²) in [6.07, 6.45) is 1.52. The van der Waals surface area contributed by atoms with Gasteiger partial charge in [-0.05, 0) is 44.4 Å². The molecule has 2 N–H and O–H groups in total. The van der Waals surface area contributed by atoms with Crippen LogP contribution >= 0.6 is 0 Å². The zero-order valence-corrected chi connectivity index (χ0v) is 17.6. The van der Waals surface area contributed by atoms with Gasteiger partial charge in [-0.3, -0.25) is 14.4 Å². The highest BCUT2D eigenvalue weighted by Gasteiger charge is 2.39. The first kappa shape index (κ1) is 20.9. The van der Waals surface area contributed by atoms with E-state index >= 15 is 0 Å². The van der Waals surface area contributed by atoms with Crippen molar-refractivity contribution < 1.29 is 23.6 Å². The van der Waals surface area contributed by atoms with Gasteiger partial charge in [0.1, 0.15) is 12.4 Å². The van der Waals surface area contributed by atoms with Gasteiger partial charge < -0.3 is 24.8 Å². The van der Waals surface area contributed by atoms with E-state index in [1.807, 2.05) is 13.0 Å². The first-order valence-electron chi connectivity index (χ1n) is 10.5. The Morgan fingerprint density at radius 1 is 1.13 bits per heavy atom. The topological polar surface area (TPSA) is 114 Å². The lowest BCUT2D eigenvalue weighted by Gasteiger charge is -2.29. The van der Waals surface area contributed by atoms with Crippen molar-refractivity contribution in [1.82, 2.24) is 20.7 Å². The molecule has 0 aliphatic carbocycles. The minimum Gasteiger partial charge on any atom is -0.491 e. The van der Waals surface area contributed by atoms with Gasteiger partial charge in [-0.2, -0.15) is 0 Å². The van der Waals surface area contributed by atoms with Gasteiger partial charge in [0.25, 0.3) is 11.8 Å². The highest BCUT2D eigenvalue weighted by Crippen LogP contribution is 2.29. The summed E-state index contributed by atoms with van der Waals surface area (Å²) in [4.78, 5) is 40.1. The molecule has 0 radical (unpaired) electrons. The molecule has 9 nitrogen and oxygen atoms in total. The number of hydrogen-bond acceptors (Lipinski definition) is 6. The molecule has 4 bridgehead atoms. The molecule has 3 heterocycles. The number of hydrogen-bond donors (Lipinski definition) is 2. The van der Waals surface area contributed by atoms with Crippen LogP contribution in [0.5, 0.6) is 5.75 Å². The third kappa shape index (κ3) is 4.55. The molecular weight excluding hydrogens is 400 g/mol. The number of benzene rings is 1. The van der Waals surface area contributed by atoms with Crippen LogP contribution in [0.25, 0.3) is 0 Å². The van der Waals surface area contributed by atoms with Gasteiger partial charge in [0.15, 0.2) is 0 Å². The third-order valence-corrected chi connectivity index (χ3v) is 5.74. The SMILES string of the molecule is Cc1cc(C(=O)N2[C@@H]3CC[C@H]2CC(=O)NCCOc2cc(ccc2C)C(=O)NC3)on1. The van der Waals surface area contributed by atoms with E-state index in [1.54, 1.807) is 30.0 Å². The maximum absolute atomic E-state index is 13.2. The lowest BCUT2D eigenvalue weighted by atomic mass is 10.1. The number of aromatic nitrogens is 1. The Labute approximate surface area is 180 Å². The molecular formula is C22H26N4O5. The van der Waals surface area contributed by atoms with Gasteiger partial charge in [0.05, 0.1) is 12.2 Å². The average Bonchev–Trinajstić information content (AvgIpc) is 3.35. The summed E-state index contributed by atoms with van der Waals surface area (Å²) in [7, 11) is 0. The smallest absolute Gasteiger partial charge is 0.293 e. The van der Waals surface area contributed by atoms with Crippen LogP contribution in [0.3, 0.4) is 0 Å². The predicted octanol–water partition coefficient (Wildman–Crippen LogP) is 1.59. The molecule has 1 saturated heterocycles. The van der Waals surface area contributed by atoms with Crippen molar-refractivity contribution in [2.24, 2.45) is 0 Å². The first-order valence-corrected chi connectivity index (χ1v) is 10.5. The minimum atomic E-state index is -0.319. The van der Waals surface area contributed by atoms with Crippen molar-refractivity contribution in [3.8, 4) is 5.75 Å². The summed E-state index contributed by atoms with van der Waals surface area (Å²) < 4.78 is 10.9. The van der Waals surface area contributed by atoms with Crippen LogP contribution in [0.1, 0.15) is 51.4 Å². The maximum atomic E-state index is 13.2. The van der Waals surface area contributed by atoms with Crippen molar-refractivity contribution in [2.75, 3.05) is 19.7 Å². The lowest BCUT2D eigenvalue weighted by molar-refractivity contribution is -0.122. The average molecular weight is 426 g/mol. The number of carbonyl (C=O) groups excluding carboxylic acids is 3. The number of nitrogens with zero attached hydrogens (tertiary/aromatic N) is 2. The van der Waals surface area contributed by atoms with Gasteiger partial charge in [-0.15, -0.1) is 0 Å². The zero-order valence-electron chi connectivity index (χ0n) is 17.6. The molecule has 2 aromatic rings. The molecule has 2 atom stereocenters. The minimum absolute atomic E-state index is 0.135. The van der Waals surface area contributed by atoms with Crippen molar-refractivity contribution in [3.63, 3.8) is 0 Å². The van der Waals surface area contributed by atoms with E-state index in [1.165, 1.54) is 0 Å². The second kappa shape index (κ2) is 8.79. The highest BCUT2D eigenvalue weighted by atomic mass is 16.5. The van der Waals surface area contributed by atoms with Crippen LogP contribution in [0.15, 0.2) is 28.8 Å². The molecule has 0 spiro atoms. The molecule has 2 aliphatic heterocycles. The first-order chi connectivity index (χ1) is 14.9. The van der Waals surface area contributed by atoms with E-state index in [-0.39, 0.29) is 55.1 Å². The Bertz CT molecular complexity index is 1000. The van der Waals surface area contributed by atoms with Crippen LogP contribution in [-0.2, 0) is 4.79 Å². The number of aryl methyl sites for hydroxylation is 2. The van der Waals surface area contributed by atoms with Gasteiger partial charge in [0.2, 0.25) is 11.7 Å². The standard InChI is InChI=1S/C22H26N4O5/c1-13-3-4-15-10-18(13)30-8-7-23-20(27)11-16-5-6-17(12-24-21(15)28)26(16)22(29)19-9-14(2)25-31-19/h3-4,9-10,16-17H,5-8,11-12H2,1-2H3,(H,23,27)(H,24,28)/t16-,17+/m0/s1. The molecule has 31 heavy (non-hydrogen) atoms. The quantitative estimate of drug-likeness (QED) is 0.716. The molecule has 1 aromatic carbocycles. The van der Waals surface area contributed by atoms with E-state index in [0.29, 0.717) is 36.4 Å². The monoisotopic (exact) mass is 426 g/mol. The number of nitrogens with one attached hydrogen (secondary N) is 2. The molecule has 164 valence electrons. The lowest BCUT2D eigenvalue weighted by Crippen LogP contribution is -2.47. The Balaban J connectivity index is 1.60. The normalized spacial score (nSPS) is 22.1. The van der Waals surface area contributed by atoms with Gasteiger partial charge in [-0.25, -0.2) is 0 Å². The number of carbonyl (C=O) groups is 3. The Hall–Kier alpha value is -3.36. The van der Waals surface area contributed by atoms with Crippen molar-refractivity contribution >= 4 is 17.7 Å². The summed E-state index contributed by atoms with van der Waals surface area (Å²) in [5.41, 5.74) is 2.00. The van der Waals surface area contributed by atoms with Gasteiger partial charge in [-0.1, -0.05) is 11.2 Å². The molecule has 1 aromatic heterocycles. The zero-order chi connectivity index (χ0) is 22.0. The summed E-state index contributed by atoms with van der Waals surface area (Å²) in [6.45, 7) is 4.54. The second-order valence-corrected chi connectivity index (χ2v) is 8.02. The predicted molar refractivity (Wildman–Crippen MR) is 111 cm³/mol. The van der Waals surface area contributed by atoms with Crippen LogP contribution in [0, 0.1) is 13.8 Å². The summed E-state index contributed by atoms with van der Waals surface area (Å²) >= 11 is 0. The number of fused-ring (bicyclic) bond motifs is 4. The van der Waals surface area contributed by atoms with Crippen molar-refractivity contribution in [1.29, 1.82) is 0 Å². The molecule has 3 amide bonds. The number of rotatable bonds is 1. The van der Waals surface area contributed by atoms with Crippen LogP contribution in [0.2, 0.25) is 0 Å². The molecule has 0 unspecified atom stereocenters. The third-order valence-electron chi connectivity index (χ3n) is 5.74. The largest absolute Gasteiger partial charge is 0.491 e. The summed E-state index contributed by atoms with van der Waals surface area (Å²) in [5.74, 6) is 0.0392. The van der Waals surface area contributed by atoms with Crippen LogP contribution < -0.4 is 15.4 Å². The highest BCUT2D eigenvalue weighted by molar-refractivity contribution is 5.95. The van der Waals surface area contributed by atoms with E-state index in [4.69, 9.17) is 9.26 Å². The molecule has 0 saturated carbocycles. The second-order valence-electron chi connectivity index (χ2n) is 8.02. The van der Waals surface area contributed by atoms with Crippen molar-refractivity contribution in [3.05, 3.63) is 46.8 Å². The summed E-state index contributed by atoms with van der Waals surface area (Å²) in [5, 5.41) is 9.58. The van der Waals surface area contributed by atoms with Crippen molar-refractivity contribution in [2.45, 2.75) is 45.2 Å². The number of amides is 3. The Kier molecular flexibility index (Phi) is 5.92. The van der Waals surface area contributed by atoms with E-state index < -0.39 is 0 Å². The van der Waals surface area contributed by atoms with E-state index in [2.05, 4.69) is 15.8 Å². The van der Waals surface area contributed by atoms with Gasteiger partial charge >= 0.3 is 0 Å². The fraction of sp³-hybridized carbons (Fsp3) is 0.455.